The topological polar surface area (TPSA) is 29.9 Å². The maximum absolute atomic E-state index is 4.61. The molecule has 1 N–H and O–H groups in total. The number of nitrogens with zero attached hydrogens (tertiary/aromatic N) is 2. The Balaban J connectivity index is 2.26. The maximum atomic E-state index is 4.61. The molecule has 0 aliphatic heterocycles. The Morgan fingerprint density at radius 2 is 2.05 bits per heavy atom. The predicted molar refractivity (Wildman–Crippen MR) is 91.8 cm³/mol. The fourth-order valence-electron chi connectivity index (χ4n) is 2.39. The van der Waals surface area contributed by atoms with Crippen molar-refractivity contribution in [2.45, 2.75) is 40.2 Å². The average molecular weight is 350 g/mol. The van der Waals surface area contributed by atoms with Crippen LogP contribution in [0.5, 0.6) is 0 Å². The molecule has 2 rings (SSSR count). The normalized spacial score (nSPS) is 11.3. The molecule has 2 aromatic rings. The molecule has 4 heteroatoms. The summed E-state index contributed by atoms with van der Waals surface area (Å²) >= 11 is 3.62. The second kappa shape index (κ2) is 7.76. The Labute approximate surface area is 135 Å². The molecule has 0 unspecified atom stereocenters. The highest BCUT2D eigenvalue weighted by Gasteiger charge is 2.13. The number of para-hydroxylation sites is 1. The van der Waals surface area contributed by atoms with Gasteiger partial charge in [0.15, 0.2) is 0 Å². The molecule has 21 heavy (non-hydrogen) atoms. The van der Waals surface area contributed by atoms with Crippen LogP contribution in [0.4, 0.5) is 0 Å². The molecule has 0 fully saturated rings. The number of aromatic nitrogens is 2. The van der Waals surface area contributed by atoms with Crippen LogP contribution in [0.3, 0.4) is 0 Å². The largest absolute Gasteiger partial charge is 0.312 e. The quantitative estimate of drug-likeness (QED) is 0.805. The van der Waals surface area contributed by atoms with Crippen molar-refractivity contribution in [2.24, 2.45) is 5.92 Å². The van der Waals surface area contributed by atoms with E-state index in [2.05, 4.69) is 63.9 Å². The van der Waals surface area contributed by atoms with Gasteiger partial charge >= 0.3 is 0 Å². The van der Waals surface area contributed by atoms with Crippen LogP contribution in [0.15, 0.2) is 34.9 Å². The Morgan fingerprint density at radius 3 is 2.71 bits per heavy atom. The first-order valence-electron chi connectivity index (χ1n) is 7.64. The zero-order chi connectivity index (χ0) is 15.2. The van der Waals surface area contributed by atoms with E-state index in [9.17, 15) is 0 Å². The van der Waals surface area contributed by atoms with Gasteiger partial charge in [-0.15, -0.1) is 0 Å². The van der Waals surface area contributed by atoms with Crippen molar-refractivity contribution in [3.63, 3.8) is 0 Å². The minimum Gasteiger partial charge on any atom is -0.312 e. The second-order valence-electron chi connectivity index (χ2n) is 5.75. The minimum atomic E-state index is 0.665. The molecule has 0 aliphatic carbocycles. The number of hydrogen-bond donors (Lipinski definition) is 1. The Bertz CT molecular complexity index is 575. The van der Waals surface area contributed by atoms with E-state index in [1.165, 1.54) is 11.3 Å². The lowest BCUT2D eigenvalue weighted by Crippen LogP contribution is -2.19. The van der Waals surface area contributed by atoms with Crippen LogP contribution >= 0.6 is 15.9 Å². The Kier molecular flexibility index (Phi) is 6.00. The van der Waals surface area contributed by atoms with Crippen molar-refractivity contribution < 1.29 is 0 Å². The van der Waals surface area contributed by atoms with Crippen LogP contribution in [0.2, 0.25) is 0 Å². The zero-order valence-electron chi connectivity index (χ0n) is 13.1. The SMILES string of the molecule is CCCc1c(CNCC(C)C)cnn1-c1ccccc1Br. The van der Waals surface area contributed by atoms with Crippen molar-refractivity contribution in [1.29, 1.82) is 0 Å². The van der Waals surface area contributed by atoms with Gasteiger partial charge in [-0.1, -0.05) is 39.3 Å². The van der Waals surface area contributed by atoms with Gasteiger partial charge in [0.2, 0.25) is 0 Å². The summed E-state index contributed by atoms with van der Waals surface area (Å²) in [6.45, 7) is 8.58. The van der Waals surface area contributed by atoms with E-state index in [4.69, 9.17) is 0 Å². The molecule has 0 radical (unpaired) electrons. The Hall–Kier alpha value is -1.13. The molecule has 1 aromatic carbocycles. The predicted octanol–water partition coefficient (Wildman–Crippen LogP) is 4.33. The fraction of sp³-hybridized carbons (Fsp3) is 0.471. The molecular formula is C17H24BrN3. The molecule has 114 valence electrons. The third-order valence-electron chi connectivity index (χ3n) is 3.39. The van der Waals surface area contributed by atoms with Crippen molar-refractivity contribution in [3.8, 4) is 5.69 Å². The standard InChI is InChI=1S/C17H24BrN3/c1-4-7-16-14(11-19-10-13(2)3)12-20-21(16)17-9-6-5-8-15(17)18/h5-6,8-9,12-13,19H,4,7,10-11H2,1-3H3. The molecule has 0 saturated carbocycles. The van der Waals surface area contributed by atoms with E-state index in [-0.39, 0.29) is 0 Å². The van der Waals surface area contributed by atoms with Gasteiger partial charge in [-0.05, 0) is 46.9 Å². The van der Waals surface area contributed by atoms with Crippen LogP contribution in [0, 0.1) is 5.92 Å². The van der Waals surface area contributed by atoms with Gasteiger partial charge in [0.1, 0.15) is 0 Å². The van der Waals surface area contributed by atoms with Crippen LogP contribution in [-0.2, 0) is 13.0 Å². The average Bonchev–Trinajstić information content (AvgIpc) is 2.83. The van der Waals surface area contributed by atoms with E-state index < -0.39 is 0 Å². The monoisotopic (exact) mass is 349 g/mol. The van der Waals surface area contributed by atoms with Crippen molar-refractivity contribution in [1.82, 2.24) is 15.1 Å². The maximum Gasteiger partial charge on any atom is 0.0790 e. The lowest BCUT2D eigenvalue weighted by molar-refractivity contribution is 0.550. The van der Waals surface area contributed by atoms with Gasteiger partial charge in [-0.3, -0.25) is 0 Å². The summed E-state index contributed by atoms with van der Waals surface area (Å²) in [5.74, 6) is 0.665. The summed E-state index contributed by atoms with van der Waals surface area (Å²) in [7, 11) is 0. The summed E-state index contributed by atoms with van der Waals surface area (Å²) in [5.41, 5.74) is 3.71. The number of benzene rings is 1. The Morgan fingerprint density at radius 1 is 1.29 bits per heavy atom. The first-order valence-corrected chi connectivity index (χ1v) is 8.44. The summed E-state index contributed by atoms with van der Waals surface area (Å²) in [4.78, 5) is 0. The van der Waals surface area contributed by atoms with Crippen LogP contribution in [0.1, 0.15) is 38.4 Å². The van der Waals surface area contributed by atoms with Gasteiger partial charge in [0.05, 0.1) is 11.9 Å². The molecule has 0 atom stereocenters. The fourth-order valence-corrected chi connectivity index (χ4v) is 2.84. The zero-order valence-corrected chi connectivity index (χ0v) is 14.7. The van der Waals surface area contributed by atoms with E-state index in [1.807, 2.05) is 18.3 Å². The highest BCUT2D eigenvalue weighted by Crippen LogP contribution is 2.23. The van der Waals surface area contributed by atoms with Crippen molar-refractivity contribution in [3.05, 3.63) is 46.2 Å². The third kappa shape index (κ3) is 4.17. The van der Waals surface area contributed by atoms with Gasteiger partial charge < -0.3 is 5.32 Å². The van der Waals surface area contributed by atoms with Crippen molar-refractivity contribution in [2.75, 3.05) is 6.54 Å². The molecule has 0 bridgehead atoms. The second-order valence-corrected chi connectivity index (χ2v) is 6.61. The number of nitrogens with one attached hydrogen (secondary N) is 1. The van der Waals surface area contributed by atoms with E-state index in [0.29, 0.717) is 5.92 Å². The van der Waals surface area contributed by atoms with Gasteiger partial charge in [0, 0.05) is 22.3 Å². The van der Waals surface area contributed by atoms with Crippen molar-refractivity contribution >= 4 is 15.9 Å². The van der Waals surface area contributed by atoms with Crippen LogP contribution in [0.25, 0.3) is 5.69 Å². The highest BCUT2D eigenvalue weighted by molar-refractivity contribution is 9.10. The molecule has 0 spiro atoms. The summed E-state index contributed by atoms with van der Waals surface area (Å²) < 4.78 is 3.15. The highest BCUT2D eigenvalue weighted by atomic mass is 79.9. The molecule has 0 amide bonds. The molecule has 1 heterocycles. The number of rotatable bonds is 7. The van der Waals surface area contributed by atoms with Crippen LogP contribution in [-0.4, -0.2) is 16.3 Å². The summed E-state index contributed by atoms with van der Waals surface area (Å²) in [5, 5.41) is 8.12. The van der Waals surface area contributed by atoms with E-state index >= 15 is 0 Å². The van der Waals surface area contributed by atoms with Gasteiger partial charge in [0.25, 0.3) is 0 Å². The molecule has 1 aromatic heterocycles. The van der Waals surface area contributed by atoms with E-state index in [0.717, 1.165) is 36.1 Å². The summed E-state index contributed by atoms with van der Waals surface area (Å²) in [6, 6.07) is 8.24. The lowest BCUT2D eigenvalue weighted by Gasteiger charge is -2.11. The van der Waals surface area contributed by atoms with Crippen LogP contribution < -0.4 is 5.32 Å². The molecule has 3 nitrogen and oxygen atoms in total. The van der Waals surface area contributed by atoms with E-state index in [1.54, 1.807) is 0 Å². The smallest absolute Gasteiger partial charge is 0.0790 e. The lowest BCUT2D eigenvalue weighted by atomic mass is 10.1. The van der Waals surface area contributed by atoms with Gasteiger partial charge in [-0.2, -0.15) is 5.10 Å². The minimum absolute atomic E-state index is 0.665. The third-order valence-corrected chi connectivity index (χ3v) is 4.06. The number of hydrogen-bond acceptors (Lipinski definition) is 2. The molecule has 0 aliphatic rings. The molecule has 0 saturated heterocycles. The first kappa shape index (κ1) is 16.2. The van der Waals surface area contributed by atoms with Gasteiger partial charge in [-0.25, -0.2) is 4.68 Å². The number of halogens is 1. The first-order chi connectivity index (χ1) is 10.1. The molecular weight excluding hydrogens is 326 g/mol. The summed E-state index contributed by atoms with van der Waals surface area (Å²) in [6.07, 6.45) is 4.16.